The third-order valence-electron chi connectivity index (χ3n) is 5.99. The third-order valence-corrected chi connectivity index (χ3v) is 8.55. The minimum atomic E-state index is -3.94. The normalized spacial score (nSPS) is 14.3. The topological polar surface area (TPSA) is 80.5 Å². The Kier molecular flexibility index (Phi) is 10.7. The Morgan fingerprint density at radius 2 is 1.22 bits per heavy atom. The lowest BCUT2D eigenvalue weighted by Gasteiger charge is -2.19. The summed E-state index contributed by atoms with van der Waals surface area (Å²) in [5, 5.41) is 11.0. The molecular weight excluding hydrogens is 553 g/mol. The smallest absolute Gasteiger partial charge is 0.258 e. The van der Waals surface area contributed by atoms with Crippen LogP contribution in [0.15, 0.2) is 77.7 Å². The fourth-order valence-electron chi connectivity index (χ4n) is 3.87. The highest BCUT2D eigenvalue weighted by Crippen LogP contribution is 2.20. The Hall–Kier alpha value is -4.44. The number of sulfonamides is 1. The molecule has 204 valence electrons. The lowest BCUT2D eigenvalue weighted by atomic mass is 10.1. The number of hydrogen-bond acceptors (Lipinski definition) is 5. The van der Waals surface area contributed by atoms with E-state index in [9.17, 15) is 18.5 Å². The zero-order chi connectivity index (χ0) is 28.9. The Bertz CT molecular complexity index is 1770. The van der Waals surface area contributed by atoms with Crippen LogP contribution in [0.3, 0.4) is 0 Å². The van der Waals surface area contributed by atoms with Gasteiger partial charge < -0.3 is 0 Å². The lowest BCUT2D eigenvalue weighted by Crippen LogP contribution is -2.32. The van der Waals surface area contributed by atoms with Crippen molar-refractivity contribution >= 4 is 27.5 Å². The molecule has 41 heavy (non-hydrogen) atoms. The average Bonchev–Trinajstić information content (AvgIpc) is 2.98. The summed E-state index contributed by atoms with van der Waals surface area (Å²) in [6.07, 6.45) is 1.86. The summed E-state index contributed by atoms with van der Waals surface area (Å²) >= 11 is 1.63. The minimum Gasteiger partial charge on any atom is -0.258 e. The van der Waals surface area contributed by atoms with Crippen LogP contribution in [-0.4, -0.2) is 42.2 Å². The molecule has 0 bridgehead atoms. The predicted molar refractivity (Wildman–Crippen MR) is 163 cm³/mol. The Morgan fingerprint density at radius 3 is 1.76 bits per heavy atom. The van der Waals surface area contributed by atoms with Crippen LogP contribution in [-0.2, 0) is 10.0 Å². The molecule has 0 aliphatic carbocycles. The Balaban J connectivity index is 1.63. The molecule has 0 saturated heterocycles. The average molecular weight is 579 g/mol. The zero-order valence-corrected chi connectivity index (χ0v) is 23.9. The maximum atomic E-state index is 13.5. The summed E-state index contributed by atoms with van der Waals surface area (Å²) in [5.41, 5.74) is 3.06. The molecule has 0 saturated carbocycles. The van der Waals surface area contributed by atoms with Gasteiger partial charge in [-0.2, -0.15) is 4.31 Å². The molecule has 1 aliphatic heterocycles. The standard InChI is InChI=1S/C33H26N2O4S2/c36-35(37)32-20-22-33(23-21-32)41(38,39)34-24-8-2-1-3-12-28-13-4-6-15-30(28)18-10-26-40-27-11-19-31-16-7-5-14-29(31)17-9-25-34/h4-7,13-16,20-23H,1-2,8,24-27H2. The number of nitro benzene ring substituents is 1. The first kappa shape index (κ1) is 29.5. The molecule has 0 radical (unpaired) electrons. The van der Waals surface area contributed by atoms with Crippen molar-refractivity contribution < 1.29 is 13.3 Å². The fraction of sp³-hybridized carbons (Fsp3) is 0.212. The van der Waals surface area contributed by atoms with Crippen LogP contribution in [0.2, 0.25) is 0 Å². The second kappa shape index (κ2) is 14.8. The first-order chi connectivity index (χ1) is 19.9. The first-order valence-corrected chi connectivity index (χ1v) is 15.5. The van der Waals surface area contributed by atoms with Crippen molar-refractivity contribution in [3.05, 3.63) is 105 Å². The number of thioether (sulfide) groups is 1. The molecule has 4 rings (SSSR count). The minimum absolute atomic E-state index is 0.0169. The third kappa shape index (κ3) is 8.52. The molecule has 0 atom stereocenters. The number of nitro groups is 1. The van der Waals surface area contributed by atoms with Gasteiger partial charge >= 0.3 is 0 Å². The quantitative estimate of drug-likeness (QED) is 0.239. The van der Waals surface area contributed by atoms with Gasteiger partial charge in [-0.25, -0.2) is 8.42 Å². The Morgan fingerprint density at radius 1 is 0.707 bits per heavy atom. The van der Waals surface area contributed by atoms with E-state index in [0.29, 0.717) is 30.8 Å². The number of benzene rings is 3. The summed E-state index contributed by atoms with van der Waals surface area (Å²) < 4.78 is 28.3. The van der Waals surface area contributed by atoms with Crippen molar-refractivity contribution in [3.63, 3.8) is 0 Å². The maximum absolute atomic E-state index is 13.5. The predicted octanol–water partition coefficient (Wildman–Crippen LogP) is 5.31. The molecule has 0 amide bonds. The molecule has 0 aromatic heterocycles. The number of nitrogens with zero attached hydrogens (tertiary/aromatic N) is 2. The maximum Gasteiger partial charge on any atom is 0.269 e. The van der Waals surface area contributed by atoms with E-state index in [-0.39, 0.29) is 23.7 Å². The van der Waals surface area contributed by atoms with Gasteiger partial charge in [-0.15, -0.1) is 11.8 Å². The molecule has 3 aromatic rings. The SMILES string of the molecule is O=[N+]([O-])c1ccc(S(=O)(=O)N2CC#Cc3ccccc3C#CCSCC#Cc3ccccc3C#CCCCC2)cc1. The van der Waals surface area contributed by atoms with Crippen LogP contribution in [0.5, 0.6) is 0 Å². The second-order valence-corrected chi connectivity index (χ2v) is 11.8. The van der Waals surface area contributed by atoms with Crippen LogP contribution < -0.4 is 0 Å². The lowest BCUT2D eigenvalue weighted by molar-refractivity contribution is -0.384. The van der Waals surface area contributed by atoms with E-state index < -0.39 is 14.9 Å². The molecule has 8 heteroatoms. The zero-order valence-electron chi connectivity index (χ0n) is 22.2. The van der Waals surface area contributed by atoms with E-state index in [1.54, 1.807) is 11.8 Å². The molecule has 0 unspecified atom stereocenters. The highest BCUT2D eigenvalue weighted by molar-refractivity contribution is 7.99. The monoisotopic (exact) mass is 578 g/mol. The van der Waals surface area contributed by atoms with Gasteiger partial charge in [0.2, 0.25) is 10.0 Å². The number of fused-ring (bicyclic) bond motifs is 2. The Labute approximate surface area is 245 Å². The van der Waals surface area contributed by atoms with Crippen LogP contribution in [0, 0.1) is 57.5 Å². The van der Waals surface area contributed by atoms with Gasteiger partial charge in [0.15, 0.2) is 0 Å². The summed E-state index contributed by atoms with van der Waals surface area (Å²) in [6.45, 7) is 0.198. The van der Waals surface area contributed by atoms with Gasteiger partial charge in [0.1, 0.15) is 0 Å². The van der Waals surface area contributed by atoms with Gasteiger partial charge in [0.25, 0.3) is 5.69 Å². The molecule has 1 heterocycles. The fourth-order valence-corrected chi connectivity index (χ4v) is 5.71. The summed E-state index contributed by atoms with van der Waals surface area (Å²) in [7, 11) is -3.94. The van der Waals surface area contributed by atoms with Gasteiger partial charge in [-0.1, -0.05) is 71.6 Å². The van der Waals surface area contributed by atoms with Crippen LogP contribution in [0.1, 0.15) is 41.5 Å². The van der Waals surface area contributed by atoms with E-state index in [0.717, 1.165) is 22.3 Å². The van der Waals surface area contributed by atoms with Gasteiger partial charge in [0, 0.05) is 47.4 Å². The van der Waals surface area contributed by atoms with Crippen molar-refractivity contribution in [2.45, 2.75) is 24.2 Å². The van der Waals surface area contributed by atoms with E-state index >= 15 is 0 Å². The summed E-state index contributed by atoms with van der Waals surface area (Å²) in [6, 6.07) is 20.2. The van der Waals surface area contributed by atoms with Crippen molar-refractivity contribution in [1.82, 2.24) is 4.31 Å². The van der Waals surface area contributed by atoms with E-state index in [4.69, 9.17) is 0 Å². The van der Waals surface area contributed by atoms with Crippen LogP contribution in [0.4, 0.5) is 5.69 Å². The molecule has 0 spiro atoms. The molecule has 0 N–H and O–H groups in total. The van der Waals surface area contributed by atoms with Crippen molar-refractivity contribution in [2.24, 2.45) is 0 Å². The molecular formula is C33H26N2O4S2. The highest BCUT2D eigenvalue weighted by Gasteiger charge is 2.24. The highest BCUT2D eigenvalue weighted by atomic mass is 32.2. The van der Waals surface area contributed by atoms with Crippen molar-refractivity contribution in [3.8, 4) is 47.4 Å². The molecule has 1 aliphatic rings. The molecule has 0 fully saturated rings. The van der Waals surface area contributed by atoms with E-state index in [1.807, 2.05) is 48.5 Å². The molecule has 3 aromatic carbocycles. The van der Waals surface area contributed by atoms with Gasteiger partial charge in [-0.05, 0) is 49.2 Å². The first-order valence-electron chi connectivity index (χ1n) is 12.9. The summed E-state index contributed by atoms with van der Waals surface area (Å²) in [4.78, 5) is 10.5. The van der Waals surface area contributed by atoms with Crippen LogP contribution >= 0.6 is 11.8 Å². The number of non-ortho nitro benzene ring substituents is 1. The van der Waals surface area contributed by atoms with Gasteiger partial charge in [0.05, 0.1) is 27.9 Å². The largest absolute Gasteiger partial charge is 0.269 e. The van der Waals surface area contributed by atoms with Crippen molar-refractivity contribution in [1.29, 1.82) is 0 Å². The van der Waals surface area contributed by atoms with Crippen LogP contribution in [0.25, 0.3) is 0 Å². The van der Waals surface area contributed by atoms with E-state index in [1.165, 1.54) is 28.6 Å². The number of hydrogen-bond donors (Lipinski definition) is 0. The summed E-state index contributed by atoms with van der Waals surface area (Å²) in [5.74, 6) is 26.5. The number of rotatable bonds is 3. The van der Waals surface area contributed by atoms with E-state index in [2.05, 4.69) is 47.4 Å². The van der Waals surface area contributed by atoms with Gasteiger partial charge in [-0.3, -0.25) is 10.1 Å². The second-order valence-electron chi connectivity index (χ2n) is 8.84. The van der Waals surface area contributed by atoms with Crippen molar-refractivity contribution in [2.75, 3.05) is 24.6 Å². The molecule has 6 nitrogen and oxygen atoms in total.